The SMILES string of the molecule is O=C(Nc1ccccc1)Nc1cc[n+]([O-])c(I)c1. The van der Waals surface area contributed by atoms with Crippen LogP contribution in [0, 0.1) is 8.91 Å². The van der Waals surface area contributed by atoms with Gasteiger partial charge in [-0.25, -0.2) is 4.79 Å². The summed E-state index contributed by atoms with van der Waals surface area (Å²) in [5, 5.41) is 16.5. The molecule has 0 aliphatic carbocycles. The molecule has 5 nitrogen and oxygen atoms in total. The van der Waals surface area contributed by atoms with E-state index >= 15 is 0 Å². The molecule has 0 fully saturated rings. The van der Waals surface area contributed by atoms with Crippen LogP contribution in [0.15, 0.2) is 48.7 Å². The molecule has 0 radical (unpaired) electrons. The molecule has 0 unspecified atom stereocenters. The Hall–Kier alpha value is -1.83. The molecule has 0 spiro atoms. The summed E-state index contributed by atoms with van der Waals surface area (Å²) in [4.78, 5) is 11.7. The number of nitrogens with zero attached hydrogens (tertiary/aromatic N) is 1. The number of urea groups is 1. The molecular formula is C12H10IN3O2. The van der Waals surface area contributed by atoms with Gasteiger partial charge in [0.25, 0.3) is 3.70 Å². The number of hydrogen-bond acceptors (Lipinski definition) is 2. The van der Waals surface area contributed by atoms with Crippen LogP contribution in [0.4, 0.5) is 16.2 Å². The third-order valence-electron chi connectivity index (χ3n) is 2.16. The summed E-state index contributed by atoms with van der Waals surface area (Å²) in [5.41, 5.74) is 1.28. The minimum absolute atomic E-state index is 0.347. The zero-order valence-electron chi connectivity index (χ0n) is 9.26. The Bertz CT molecular complexity index is 561. The number of rotatable bonds is 2. The molecule has 1 heterocycles. The zero-order chi connectivity index (χ0) is 13.0. The summed E-state index contributed by atoms with van der Waals surface area (Å²) in [7, 11) is 0. The maximum absolute atomic E-state index is 11.7. The van der Waals surface area contributed by atoms with Crippen LogP contribution in [0.1, 0.15) is 0 Å². The molecule has 2 N–H and O–H groups in total. The molecule has 0 aliphatic rings. The third-order valence-corrected chi connectivity index (χ3v) is 2.95. The van der Waals surface area contributed by atoms with Crippen molar-refractivity contribution in [3.8, 4) is 0 Å². The lowest BCUT2D eigenvalue weighted by molar-refractivity contribution is -0.619. The topological polar surface area (TPSA) is 68.1 Å². The molecule has 1 aromatic heterocycles. The van der Waals surface area contributed by atoms with Crippen molar-refractivity contribution in [2.45, 2.75) is 0 Å². The van der Waals surface area contributed by atoms with Crippen LogP contribution in [0.2, 0.25) is 0 Å². The van der Waals surface area contributed by atoms with Crippen LogP contribution in [-0.2, 0) is 0 Å². The number of amides is 2. The number of nitrogens with one attached hydrogen (secondary N) is 2. The fourth-order valence-corrected chi connectivity index (χ4v) is 1.85. The molecule has 0 atom stereocenters. The number of halogens is 1. The van der Waals surface area contributed by atoms with E-state index in [1.807, 2.05) is 40.8 Å². The second-order valence-electron chi connectivity index (χ2n) is 3.51. The van der Waals surface area contributed by atoms with E-state index in [-0.39, 0.29) is 6.03 Å². The molecule has 2 rings (SSSR count). The van der Waals surface area contributed by atoms with Crippen LogP contribution in [-0.4, -0.2) is 6.03 Å². The third kappa shape index (κ3) is 3.33. The molecule has 0 aliphatic heterocycles. The van der Waals surface area contributed by atoms with E-state index in [2.05, 4.69) is 10.6 Å². The van der Waals surface area contributed by atoms with Crippen LogP contribution >= 0.6 is 22.6 Å². The van der Waals surface area contributed by atoms with Gasteiger partial charge in [0, 0.05) is 40.4 Å². The van der Waals surface area contributed by atoms with E-state index < -0.39 is 0 Å². The first-order chi connectivity index (χ1) is 8.65. The van der Waals surface area contributed by atoms with E-state index in [0.717, 1.165) is 4.73 Å². The molecular weight excluding hydrogens is 345 g/mol. The summed E-state index contributed by atoms with van der Waals surface area (Å²) in [5.74, 6) is 0. The maximum atomic E-state index is 11.7. The average Bonchev–Trinajstić information content (AvgIpc) is 2.35. The van der Waals surface area contributed by atoms with E-state index in [0.29, 0.717) is 15.1 Å². The van der Waals surface area contributed by atoms with Crippen LogP contribution < -0.4 is 15.4 Å². The number of benzene rings is 1. The van der Waals surface area contributed by atoms with Crippen LogP contribution in [0.25, 0.3) is 0 Å². The van der Waals surface area contributed by atoms with Crippen molar-refractivity contribution in [2.75, 3.05) is 10.6 Å². The number of hydrogen-bond donors (Lipinski definition) is 2. The highest BCUT2D eigenvalue weighted by molar-refractivity contribution is 14.1. The molecule has 92 valence electrons. The van der Waals surface area contributed by atoms with Crippen LogP contribution in [0.3, 0.4) is 0 Å². The standard InChI is InChI=1S/C12H10IN3O2/c13-11-8-10(6-7-16(11)18)15-12(17)14-9-4-2-1-3-5-9/h1-8H,(H2,14,15,17). The molecule has 18 heavy (non-hydrogen) atoms. The van der Waals surface area contributed by atoms with E-state index in [1.165, 1.54) is 6.20 Å². The maximum Gasteiger partial charge on any atom is 0.323 e. The van der Waals surface area contributed by atoms with Gasteiger partial charge in [-0.1, -0.05) is 18.2 Å². The lowest BCUT2D eigenvalue weighted by Crippen LogP contribution is -2.30. The highest BCUT2D eigenvalue weighted by Gasteiger charge is 2.06. The van der Waals surface area contributed by atoms with Crippen molar-refractivity contribution < 1.29 is 9.52 Å². The zero-order valence-corrected chi connectivity index (χ0v) is 11.4. The monoisotopic (exact) mass is 355 g/mol. The average molecular weight is 355 g/mol. The smallest absolute Gasteiger partial charge is 0.323 e. The number of para-hydroxylation sites is 1. The van der Waals surface area contributed by atoms with Crippen molar-refractivity contribution in [3.05, 3.63) is 57.6 Å². The summed E-state index contributed by atoms with van der Waals surface area (Å²) < 4.78 is 1.21. The Balaban J connectivity index is 2.01. The molecule has 2 amide bonds. The Morgan fingerprint density at radius 3 is 2.44 bits per heavy atom. The molecule has 0 saturated heterocycles. The highest BCUT2D eigenvalue weighted by Crippen LogP contribution is 2.10. The van der Waals surface area contributed by atoms with Crippen molar-refractivity contribution >= 4 is 40.0 Å². The van der Waals surface area contributed by atoms with Crippen molar-refractivity contribution in [1.29, 1.82) is 0 Å². The van der Waals surface area contributed by atoms with Crippen molar-refractivity contribution in [2.24, 2.45) is 0 Å². The van der Waals surface area contributed by atoms with Crippen LogP contribution in [0.5, 0.6) is 0 Å². The number of aromatic nitrogens is 1. The second kappa shape index (κ2) is 5.67. The first-order valence-corrected chi connectivity index (χ1v) is 6.25. The summed E-state index contributed by atoms with van der Waals surface area (Å²) >= 11 is 1.90. The van der Waals surface area contributed by atoms with E-state index in [1.54, 1.807) is 24.3 Å². The first-order valence-electron chi connectivity index (χ1n) is 5.17. The summed E-state index contributed by atoms with van der Waals surface area (Å²) in [6.07, 6.45) is 1.35. The fraction of sp³-hybridized carbons (Fsp3) is 0. The van der Waals surface area contributed by atoms with Gasteiger partial charge in [0.1, 0.15) is 0 Å². The van der Waals surface area contributed by atoms with Crippen molar-refractivity contribution in [1.82, 2.24) is 0 Å². The number of anilines is 2. The Labute approximate surface area is 118 Å². The van der Waals surface area contributed by atoms with Crippen molar-refractivity contribution in [3.63, 3.8) is 0 Å². The van der Waals surface area contributed by atoms with Gasteiger partial charge in [-0.2, -0.15) is 4.73 Å². The Kier molecular flexibility index (Phi) is 3.98. The largest absolute Gasteiger partial charge is 0.618 e. The normalized spacial score (nSPS) is 9.83. The van der Waals surface area contributed by atoms with Gasteiger partial charge in [0.15, 0.2) is 6.20 Å². The predicted molar refractivity (Wildman–Crippen MR) is 77.2 cm³/mol. The number of carbonyl (C=O) groups is 1. The van der Waals surface area contributed by atoms with Gasteiger partial charge in [0.2, 0.25) is 0 Å². The summed E-state index contributed by atoms with van der Waals surface area (Å²) in [6.45, 7) is 0. The van der Waals surface area contributed by atoms with Gasteiger partial charge >= 0.3 is 6.03 Å². The van der Waals surface area contributed by atoms with Gasteiger partial charge in [-0.3, -0.25) is 0 Å². The highest BCUT2D eigenvalue weighted by atomic mass is 127. The molecule has 1 aromatic carbocycles. The number of carbonyl (C=O) groups excluding carboxylic acids is 1. The Morgan fingerprint density at radius 1 is 1.11 bits per heavy atom. The Morgan fingerprint density at radius 2 is 1.78 bits per heavy atom. The van der Waals surface area contributed by atoms with Gasteiger partial charge in [-0.05, 0) is 12.1 Å². The molecule has 0 bridgehead atoms. The minimum atomic E-state index is -0.347. The molecule has 2 aromatic rings. The quantitative estimate of drug-likeness (QED) is 0.376. The van der Waals surface area contributed by atoms with E-state index in [9.17, 15) is 10.0 Å². The first kappa shape index (κ1) is 12.6. The second-order valence-corrected chi connectivity index (χ2v) is 4.61. The number of pyridine rings is 1. The van der Waals surface area contributed by atoms with Gasteiger partial charge in [-0.15, -0.1) is 0 Å². The molecule has 0 saturated carbocycles. The fourth-order valence-electron chi connectivity index (χ4n) is 1.35. The van der Waals surface area contributed by atoms with Gasteiger partial charge in [0.05, 0.1) is 5.69 Å². The van der Waals surface area contributed by atoms with E-state index in [4.69, 9.17) is 0 Å². The minimum Gasteiger partial charge on any atom is -0.618 e. The lowest BCUT2D eigenvalue weighted by Gasteiger charge is -2.07. The lowest BCUT2D eigenvalue weighted by atomic mass is 10.3. The summed E-state index contributed by atoms with van der Waals surface area (Å²) in [6, 6.07) is 11.9. The van der Waals surface area contributed by atoms with Gasteiger partial charge < -0.3 is 15.8 Å². The predicted octanol–water partition coefficient (Wildman–Crippen LogP) is 2.57. The molecule has 6 heteroatoms.